The number of thioether (sulfide) groups is 1. The highest BCUT2D eigenvalue weighted by Gasteiger charge is 2.08. The smallest absolute Gasteiger partial charge is 0.221 e. The van der Waals surface area contributed by atoms with E-state index in [9.17, 15) is 4.79 Å². The molecule has 21 heavy (non-hydrogen) atoms. The van der Waals surface area contributed by atoms with Crippen LogP contribution in [0.1, 0.15) is 30.5 Å². The maximum absolute atomic E-state index is 11.9. The van der Waals surface area contributed by atoms with Crippen molar-refractivity contribution >= 4 is 17.7 Å². The summed E-state index contributed by atoms with van der Waals surface area (Å²) in [4.78, 5) is 11.9. The van der Waals surface area contributed by atoms with Crippen LogP contribution < -0.4 is 5.32 Å². The monoisotopic (exact) mass is 299 g/mol. The summed E-state index contributed by atoms with van der Waals surface area (Å²) >= 11 is 1.80. The first-order chi connectivity index (χ1) is 10.3. The molecule has 1 N–H and O–H groups in total. The molecule has 0 bridgehead atoms. The minimum absolute atomic E-state index is 0.0674. The van der Waals surface area contributed by atoms with Crippen LogP contribution in [-0.2, 0) is 10.5 Å². The van der Waals surface area contributed by atoms with Crippen LogP contribution in [0, 0.1) is 0 Å². The number of carbonyl (C=O) groups excluding carboxylic acids is 1. The summed E-state index contributed by atoms with van der Waals surface area (Å²) < 4.78 is 0. The van der Waals surface area contributed by atoms with E-state index in [1.165, 1.54) is 5.56 Å². The highest BCUT2D eigenvalue weighted by atomic mass is 32.2. The molecule has 0 aliphatic carbocycles. The Bertz CT molecular complexity index is 542. The number of rotatable bonds is 7. The molecule has 2 rings (SSSR count). The standard InChI is InChI=1S/C18H21NOS/c1-15(17-10-6-3-7-11-17)19-18(20)12-13-21-14-16-8-4-2-5-9-16/h2-11,15H,12-14H2,1H3,(H,19,20)/t15-/m0/s1. The first-order valence-corrected chi connectivity index (χ1v) is 8.37. The van der Waals surface area contributed by atoms with E-state index < -0.39 is 0 Å². The Labute approximate surface area is 131 Å². The quantitative estimate of drug-likeness (QED) is 0.777. The van der Waals surface area contributed by atoms with Crippen molar-refractivity contribution in [2.45, 2.75) is 25.1 Å². The summed E-state index contributed by atoms with van der Waals surface area (Å²) in [6, 6.07) is 20.5. The van der Waals surface area contributed by atoms with Crippen molar-refractivity contribution in [1.29, 1.82) is 0 Å². The summed E-state index contributed by atoms with van der Waals surface area (Å²) in [6.07, 6.45) is 0.564. The van der Waals surface area contributed by atoms with Gasteiger partial charge in [0.05, 0.1) is 6.04 Å². The molecule has 3 heteroatoms. The summed E-state index contributed by atoms with van der Waals surface area (Å²) in [6.45, 7) is 2.02. The van der Waals surface area contributed by atoms with Crippen molar-refractivity contribution in [3.8, 4) is 0 Å². The number of hydrogen-bond acceptors (Lipinski definition) is 2. The van der Waals surface area contributed by atoms with Gasteiger partial charge in [0.2, 0.25) is 5.91 Å². The largest absolute Gasteiger partial charge is 0.350 e. The predicted molar refractivity (Wildman–Crippen MR) is 90.2 cm³/mol. The van der Waals surface area contributed by atoms with Gasteiger partial charge >= 0.3 is 0 Å². The molecule has 0 spiro atoms. The van der Waals surface area contributed by atoms with Crippen LogP contribution in [0.4, 0.5) is 0 Å². The van der Waals surface area contributed by atoms with Crippen LogP contribution in [0.2, 0.25) is 0 Å². The van der Waals surface area contributed by atoms with Gasteiger partial charge in [-0.1, -0.05) is 60.7 Å². The third-order valence-electron chi connectivity index (χ3n) is 3.26. The van der Waals surface area contributed by atoms with Gasteiger partial charge in [-0.05, 0) is 18.1 Å². The zero-order valence-electron chi connectivity index (χ0n) is 12.3. The van der Waals surface area contributed by atoms with Crippen molar-refractivity contribution in [2.24, 2.45) is 0 Å². The van der Waals surface area contributed by atoms with Gasteiger partial charge in [0, 0.05) is 17.9 Å². The Morgan fingerprint density at radius 3 is 2.33 bits per heavy atom. The summed E-state index contributed by atoms with van der Waals surface area (Å²) in [5.74, 6) is 1.93. The molecule has 0 heterocycles. The molecule has 0 aromatic heterocycles. The fourth-order valence-corrected chi connectivity index (χ4v) is 2.97. The maximum Gasteiger partial charge on any atom is 0.221 e. The van der Waals surface area contributed by atoms with Gasteiger partial charge in [-0.3, -0.25) is 4.79 Å². The zero-order chi connectivity index (χ0) is 14.9. The van der Waals surface area contributed by atoms with Crippen molar-refractivity contribution in [3.63, 3.8) is 0 Å². The average molecular weight is 299 g/mol. The molecule has 0 unspecified atom stereocenters. The fraction of sp³-hybridized carbons (Fsp3) is 0.278. The topological polar surface area (TPSA) is 29.1 Å². The Kier molecular flexibility index (Phi) is 6.35. The number of benzene rings is 2. The molecule has 0 saturated carbocycles. The van der Waals surface area contributed by atoms with Crippen molar-refractivity contribution in [1.82, 2.24) is 5.32 Å². The Balaban J connectivity index is 1.66. The molecule has 0 aliphatic rings. The molecular formula is C18H21NOS. The molecule has 0 saturated heterocycles. The summed E-state index contributed by atoms with van der Waals surface area (Å²) in [5, 5.41) is 3.04. The predicted octanol–water partition coefficient (Wildman–Crippen LogP) is 4.19. The van der Waals surface area contributed by atoms with E-state index >= 15 is 0 Å². The maximum atomic E-state index is 11.9. The van der Waals surface area contributed by atoms with Crippen LogP contribution in [0.25, 0.3) is 0 Å². The second kappa shape index (κ2) is 8.53. The molecule has 2 nitrogen and oxygen atoms in total. The van der Waals surface area contributed by atoms with Crippen LogP contribution in [0.3, 0.4) is 0 Å². The number of nitrogens with one attached hydrogen (secondary N) is 1. The van der Waals surface area contributed by atoms with Crippen LogP contribution in [0.15, 0.2) is 60.7 Å². The van der Waals surface area contributed by atoms with Crippen LogP contribution in [0.5, 0.6) is 0 Å². The first-order valence-electron chi connectivity index (χ1n) is 7.21. The lowest BCUT2D eigenvalue weighted by Crippen LogP contribution is -2.26. The van der Waals surface area contributed by atoms with Gasteiger partial charge < -0.3 is 5.32 Å². The molecule has 1 atom stereocenters. The van der Waals surface area contributed by atoms with Gasteiger partial charge in [-0.25, -0.2) is 0 Å². The zero-order valence-corrected chi connectivity index (χ0v) is 13.1. The van der Waals surface area contributed by atoms with E-state index in [-0.39, 0.29) is 11.9 Å². The van der Waals surface area contributed by atoms with Gasteiger partial charge in [0.15, 0.2) is 0 Å². The van der Waals surface area contributed by atoms with E-state index in [0.717, 1.165) is 17.1 Å². The lowest BCUT2D eigenvalue weighted by Gasteiger charge is -2.14. The van der Waals surface area contributed by atoms with Gasteiger partial charge in [0.25, 0.3) is 0 Å². The molecular weight excluding hydrogens is 278 g/mol. The van der Waals surface area contributed by atoms with E-state index in [1.807, 2.05) is 55.5 Å². The second-order valence-corrected chi connectivity index (χ2v) is 6.09. The number of amides is 1. The van der Waals surface area contributed by atoms with Gasteiger partial charge in [0.1, 0.15) is 0 Å². The fourth-order valence-electron chi connectivity index (χ4n) is 2.07. The third kappa shape index (κ3) is 5.64. The first kappa shape index (κ1) is 15.6. The summed E-state index contributed by atoms with van der Waals surface area (Å²) in [7, 11) is 0. The van der Waals surface area contributed by atoms with Crippen molar-refractivity contribution < 1.29 is 4.79 Å². The molecule has 0 aliphatic heterocycles. The van der Waals surface area contributed by atoms with Crippen LogP contribution >= 0.6 is 11.8 Å². The van der Waals surface area contributed by atoms with E-state index in [1.54, 1.807) is 11.8 Å². The lowest BCUT2D eigenvalue weighted by atomic mass is 10.1. The highest BCUT2D eigenvalue weighted by Crippen LogP contribution is 2.14. The Morgan fingerprint density at radius 2 is 1.67 bits per heavy atom. The normalized spacial score (nSPS) is 11.9. The Morgan fingerprint density at radius 1 is 1.05 bits per heavy atom. The van der Waals surface area contributed by atoms with E-state index in [4.69, 9.17) is 0 Å². The average Bonchev–Trinajstić information content (AvgIpc) is 2.53. The molecule has 2 aromatic carbocycles. The van der Waals surface area contributed by atoms with Crippen LogP contribution in [-0.4, -0.2) is 11.7 Å². The minimum atomic E-state index is 0.0674. The number of hydrogen-bond donors (Lipinski definition) is 1. The molecule has 110 valence electrons. The minimum Gasteiger partial charge on any atom is -0.350 e. The molecule has 2 aromatic rings. The third-order valence-corrected chi connectivity index (χ3v) is 4.29. The number of carbonyl (C=O) groups is 1. The van der Waals surface area contributed by atoms with E-state index in [0.29, 0.717) is 6.42 Å². The van der Waals surface area contributed by atoms with Crippen molar-refractivity contribution in [3.05, 3.63) is 71.8 Å². The Hall–Kier alpha value is -1.74. The SMILES string of the molecule is C[C@H](NC(=O)CCSCc1ccccc1)c1ccccc1. The van der Waals surface area contributed by atoms with Gasteiger partial charge in [-0.2, -0.15) is 11.8 Å². The van der Waals surface area contributed by atoms with E-state index in [2.05, 4.69) is 17.4 Å². The molecule has 0 radical (unpaired) electrons. The van der Waals surface area contributed by atoms with Crippen molar-refractivity contribution in [2.75, 3.05) is 5.75 Å². The second-order valence-electron chi connectivity index (χ2n) is 4.99. The van der Waals surface area contributed by atoms with Gasteiger partial charge in [-0.15, -0.1) is 0 Å². The summed E-state index contributed by atoms with van der Waals surface area (Å²) in [5.41, 5.74) is 2.45. The highest BCUT2D eigenvalue weighted by molar-refractivity contribution is 7.98. The lowest BCUT2D eigenvalue weighted by molar-refractivity contribution is -0.121. The molecule has 1 amide bonds. The molecule has 0 fully saturated rings.